The van der Waals surface area contributed by atoms with Crippen LogP contribution in [-0.2, 0) is 14.6 Å². The van der Waals surface area contributed by atoms with E-state index in [1.807, 2.05) is 0 Å². The monoisotopic (exact) mass is 381 g/mol. The van der Waals surface area contributed by atoms with Crippen LogP contribution in [0.3, 0.4) is 0 Å². The van der Waals surface area contributed by atoms with E-state index in [0.717, 1.165) is 12.1 Å². The quantitative estimate of drug-likeness (QED) is 0.866. The largest absolute Gasteiger partial charge is 0.311 e. The molecule has 1 fully saturated rings. The molecule has 9 heteroatoms. The molecule has 1 saturated heterocycles. The number of rotatable bonds is 2. The Bertz CT molecular complexity index is 1020. The molecule has 0 bridgehead atoms. The number of nitrogens with zero attached hydrogens (tertiary/aromatic N) is 2. The van der Waals surface area contributed by atoms with Gasteiger partial charge in [0.25, 0.3) is 0 Å². The number of aromatic nitrogens is 2. The van der Waals surface area contributed by atoms with Crippen molar-refractivity contribution in [2.24, 2.45) is 0 Å². The van der Waals surface area contributed by atoms with Gasteiger partial charge in [0.15, 0.2) is 9.84 Å². The Balaban J connectivity index is 1.82. The van der Waals surface area contributed by atoms with E-state index in [1.165, 1.54) is 6.07 Å². The summed E-state index contributed by atoms with van der Waals surface area (Å²) in [6, 6.07) is 2.94. The third-order valence-electron chi connectivity index (χ3n) is 5.02. The van der Waals surface area contributed by atoms with Crippen LogP contribution in [0.15, 0.2) is 18.2 Å². The molecule has 1 N–H and O–H groups in total. The number of fused-ring (bicyclic) bond motifs is 1. The second-order valence-electron chi connectivity index (χ2n) is 6.82. The van der Waals surface area contributed by atoms with E-state index in [-0.39, 0.29) is 35.4 Å². The van der Waals surface area contributed by atoms with Crippen LogP contribution in [0.2, 0.25) is 0 Å². The topological polar surface area (TPSA) is 81.1 Å². The molecule has 138 valence electrons. The number of amides is 1. The minimum atomic E-state index is -3.13. The van der Waals surface area contributed by atoms with Gasteiger partial charge in [0, 0.05) is 24.0 Å². The summed E-state index contributed by atoms with van der Waals surface area (Å²) in [4.78, 5) is 12.2. The summed E-state index contributed by atoms with van der Waals surface area (Å²) in [5.74, 6) is -1.85. The van der Waals surface area contributed by atoms with Gasteiger partial charge in [-0.05, 0) is 25.0 Å². The van der Waals surface area contributed by atoms with Crippen molar-refractivity contribution in [2.45, 2.75) is 31.7 Å². The Labute approximate surface area is 149 Å². The molecule has 6 nitrogen and oxygen atoms in total. The van der Waals surface area contributed by atoms with Gasteiger partial charge in [-0.25, -0.2) is 21.9 Å². The average molecular weight is 381 g/mol. The molecule has 1 aromatic carbocycles. The van der Waals surface area contributed by atoms with Crippen molar-refractivity contribution in [2.75, 3.05) is 16.8 Å². The number of sulfone groups is 1. The zero-order chi connectivity index (χ0) is 18.6. The van der Waals surface area contributed by atoms with Gasteiger partial charge in [0.05, 0.1) is 23.2 Å². The fourth-order valence-corrected chi connectivity index (χ4v) is 5.55. The Morgan fingerprint density at radius 3 is 2.73 bits per heavy atom. The first-order chi connectivity index (χ1) is 12.2. The van der Waals surface area contributed by atoms with E-state index in [1.54, 1.807) is 11.6 Å². The van der Waals surface area contributed by atoms with Crippen LogP contribution in [-0.4, -0.2) is 35.6 Å². The van der Waals surface area contributed by atoms with Crippen LogP contribution in [0.4, 0.5) is 14.6 Å². The van der Waals surface area contributed by atoms with Gasteiger partial charge in [-0.3, -0.25) is 4.79 Å². The first-order valence-electron chi connectivity index (χ1n) is 8.29. The molecule has 2 unspecified atom stereocenters. The molecule has 0 radical (unpaired) electrons. The molecule has 26 heavy (non-hydrogen) atoms. The van der Waals surface area contributed by atoms with Crippen molar-refractivity contribution in [3.63, 3.8) is 0 Å². The Hall–Kier alpha value is -2.29. The molecular weight excluding hydrogens is 364 g/mol. The Morgan fingerprint density at radius 2 is 2.08 bits per heavy atom. The van der Waals surface area contributed by atoms with Gasteiger partial charge in [-0.15, -0.1) is 0 Å². The highest BCUT2D eigenvalue weighted by Gasteiger charge is 2.38. The van der Waals surface area contributed by atoms with Crippen molar-refractivity contribution >= 4 is 21.6 Å². The van der Waals surface area contributed by atoms with Crippen LogP contribution in [0.5, 0.6) is 0 Å². The first kappa shape index (κ1) is 17.1. The number of nitrogens with one attached hydrogen (secondary N) is 1. The summed E-state index contributed by atoms with van der Waals surface area (Å²) in [5, 5.41) is 7.19. The second-order valence-corrected chi connectivity index (χ2v) is 9.05. The maximum absolute atomic E-state index is 14.3. The molecule has 4 rings (SSSR count). The molecule has 2 atom stereocenters. The van der Waals surface area contributed by atoms with E-state index < -0.39 is 27.4 Å². The van der Waals surface area contributed by atoms with Crippen molar-refractivity contribution in [1.82, 2.24) is 9.78 Å². The lowest BCUT2D eigenvalue weighted by Crippen LogP contribution is -2.27. The van der Waals surface area contributed by atoms with E-state index in [9.17, 15) is 22.0 Å². The van der Waals surface area contributed by atoms with Crippen LogP contribution in [0.25, 0.3) is 0 Å². The highest BCUT2D eigenvalue weighted by atomic mass is 32.2. The molecule has 1 aromatic heterocycles. The predicted molar refractivity (Wildman–Crippen MR) is 90.7 cm³/mol. The third kappa shape index (κ3) is 2.80. The smallest absolute Gasteiger partial charge is 0.226 e. The highest BCUT2D eigenvalue weighted by Crippen LogP contribution is 2.42. The van der Waals surface area contributed by atoms with Crippen LogP contribution >= 0.6 is 0 Å². The minimum absolute atomic E-state index is 0.0189. The van der Waals surface area contributed by atoms with Gasteiger partial charge < -0.3 is 5.32 Å². The number of carbonyl (C=O) groups is 1. The predicted octanol–water partition coefficient (Wildman–Crippen LogP) is 2.30. The lowest BCUT2D eigenvalue weighted by Gasteiger charge is -2.25. The molecule has 2 aliphatic heterocycles. The summed E-state index contributed by atoms with van der Waals surface area (Å²) in [7, 11) is -3.13. The van der Waals surface area contributed by atoms with E-state index in [0.29, 0.717) is 23.5 Å². The Morgan fingerprint density at radius 1 is 1.31 bits per heavy atom. The number of aryl methyl sites for hydroxylation is 1. The molecule has 2 aliphatic rings. The van der Waals surface area contributed by atoms with Crippen molar-refractivity contribution in [3.8, 4) is 0 Å². The van der Waals surface area contributed by atoms with E-state index >= 15 is 0 Å². The molecule has 2 aromatic rings. The van der Waals surface area contributed by atoms with Gasteiger partial charge in [0.1, 0.15) is 17.5 Å². The first-order valence-corrected chi connectivity index (χ1v) is 10.1. The van der Waals surface area contributed by atoms with Crippen LogP contribution in [0, 0.1) is 18.6 Å². The number of anilines is 1. The van der Waals surface area contributed by atoms with Gasteiger partial charge >= 0.3 is 0 Å². The number of halogens is 2. The normalized spacial score (nSPS) is 24.3. The lowest BCUT2D eigenvalue weighted by atomic mass is 9.85. The standard InChI is InChI=1S/C17H17F2N3O3S/c1-9-16-13(12-3-2-10(18)6-14(12)19)7-15(23)20-17(16)22(21-9)11-4-5-26(24,25)8-11/h2-3,6,11,13H,4-5,7-8H2,1H3,(H,20,23). The lowest BCUT2D eigenvalue weighted by molar-refractivity contribution is -0.116. The van der Waals surface area contributed by atoms with E-state index in [2.05, 4.69) is 10.4 Å². The fraction of sp³-hybridized carbons (Fsp3) is 0.412. The SMILES string of the molecule is Cc1nn(C2CCS(=O)(=O)C2)c2c1C(c1ccc(F)cc1F)CC(=O)N2. The molecular formula is C17H17F2N3O3S. The summed E-state index contributed by atoms with van der Waals surface area (Å²) in [6.45, 7) is 1.74. The van der Waals surface area contributed by atoms with Crippen molar-refractivity contribution < 1.29 is 22.0 Å². The summed E-state index contributed by atoms with van der Waals surface area (Å²) in [5.41, 5.74) is 1.47. The second kappa shape index (κ2) is 5.87. The average Bonchev–Trinajstić information content (AvgIpc) is 3.06. The van der Waals surface area contributed by atoms with Crippen LogP contribution in [0.1, 0.15) is 41.6 Å². The zero-order valence-corrected chi connectivity index (χ0v) is 14.8. The number of benzene rings is 1. The number of carbonyl (C=O) groups excluding carboxylic acids is 1. The highest BCUT2D eigenvalue weighted by molar-refractivity contribution is 7.91. The fourth-order valence-electron chi connectivity index (χ4n) is 3.85. The Kier molecular flexibility index (Phi) is 3.87. The van der Waals surface area contributed by atoms with Gasteiger partial charge in [0.2, 0.25) is 5.91 Å². The van der Waals surface area contributed by atoms with E-state index in [4.69, 9.17) is 0 Å². The maximum atomic E-state index is 14.3. The van der Waals surface area contributed by atoms with Crippen molar-refractivity contribution in [1.29, 1.82) is 0 Å². The molecule has 0 saturated carbocycles. The van der Waals surface area contributed by atoms with Crippen LogP contribution < -0.4 is 5.32 Å². The summed E-state index contributed by atoms with van der Waals surface area (Å²) >= 11 is 0. The van der Waals surface area contributed by atoms with Crippen molar-refractivity contribution in [3.05, 3.63) is 46.7 Å². The summed E-state index contributed by atoms with van der Waals surface area (Å²) < 4.78 is 52.7. The minimum Gasteiger partial charge on any atom is -0.311 e. The number of hydrogen-bond donors (Lipinski definition) is 1. The van der Waals surface area contributed by atoms with Gasteiger partial charge in [-0.2, -0.15) is 5.10 Å². The zero-order valence-electron chi connectivity index (χ0n) is 14.0. The molecule has 1 amide bonds. The molecule has 0 spiro atoms. The number of hydrogen-bond acceptors (Lipinski definition) is 4. The summed E-state index contributed by atoms with van der Waals surface area (Å²) in [6.07, 6.45) is 0.437. The molecule has 0 aliphatic carbocycles. The third-order valence-corrected chi connectivity index (χ3v) is 6.77. The maximum Gasteiger partial charge on any atom is 0.226 e. The van der Waals surface area contributed by atoms with Gasteiger partial charge in [-0.1, -0.05) is 6.07 Å². The molecule has 3 heterocycles.